The van der Waals surface area contributed by atoms with Crippen LogP contribution in [0.15, 0.2) is 50.2 Å². The molecular formula is C32H43Br2N7O5S. The number of para-hydroxylation sites is 1. The normalized spacial score (nSPS) is 22.3. The van der Waals surface area contributed by atoms with Gasteiger partial charge >= 0.3 is 12.1 Å². The lowest BCUT2D eigenvalue weighted by Crippen LogP contribution is -2.58. The zero-order valence-corrected chi connectivity index (χ0v) is 30.2. The maximum absolute atomic E-state index is 14.0. The van der Waals surface area contributed by atoms with E-state index in [2.05, 4.69) is 47.4 Å². The second kappa shape index (κ2) is 14.5. The van der Waals surface area contributed by atoms with E-state index < -0.39 is 28.9 Å². The van der Waals surface area contributed by atoms with Crippen LogP contribution in [-0.2, 0) is 11.2 Å². The average Bonchev–Trinajstić information content (AvgIpc) is 3.07. The van der Waals surface area contributed by atoms with Gasteiger partial charge in [0, 0.05) is 47.6 Å². The predicted octanol–water partition coefficient (Wildman–Crippen LogP) is 5.93. The van der Waals surface area contributed by atoms with Crippen LogP contribution in [-0.4, -0.2) is 103 Å². The number of nitrogens with one attached hydrogen (secondary N) is 2. The highest BCUT2D eigenvalue weighted by molar-refractivity contribution is 9.11. The van der Waals surface area contributed by atoms with Crippen molar-refractivity contribution in [1.82, 2.24) is 24.3 Å². The van der Waals surface area contributed by atoms with Gasteiger partial charge in [0.05, 0.1) is 17.4 Å². The predicted molar refractivity (Wildman–Crippen MR) is 190 cm³/mol. The molecule has 2 aromatic carbocycles. The molecule has 0 aliphatic carbocycles. The van der Waals surface area contributed by atoms with E-state index in [1.807, 2.05) is 17.0 Å². The van der Waals surface area contributed by atoms with Gasteiger partial charge < -0.3 is 31.1 Å². The summed E-state index contributed by atoms with van der Waals surface area (Å²) in [6.07, 6.45) is 6.62. The number of nitrogen functional groups attached to an aromatic ring is 1. The van der Waals surface area contributed by atoms with E-state index in [-0.39, 0.29) is 16.8 Å². The fourth-order valence-electron chi connectivity index (χ4n) is 7.26. The molecule has 12 nitrogen and oxygen atoms in total. The minimum Gasteiger partial charge on any atom is -0.397 e. The van der Waals surface area contributed by atoms with Gasteiger partial charge in [0.25, 0.3) is 0 Å². The Morgan fingerprint density at radius 2 is 1.51 bits per heavy atom. The highest BCUT2D eigenvalue weighted by Crippen LogP contribution is 2.58. The quantitative estimate of drug-likeness (QED) is 0.227. The van der Waals surface area contributed by atoms with Crippen molar-refractivity contribution in [2.24, 2.45) is 0 Å². The topological polar surface area (TPSA) is 155 Å². The number of carbonyl (C=O) groups excluding carboxylic acids is 3. The molecule has 4 aliphatic heterocycles. The summed E-state index contributed by atoms with van der Waals surface area (Å²) < 4.78 is 24.8. The molecule has 0 saturated carbocycles. The van der Waals surface area contributed by atoms with Gasteiger partial charge in [0.1, 0.15) is 10.9 Å². The summed E-state index contributed by atoms with van der Waals surface area (Å²) in [5.41, 5.74) is 7.91. The molecular weight excluding hydrogens is 754 g/mol. The Labute approximate surface area is 294 Å². The maximum atomic E-state index is 14.0. The number of carbonyl (C=O) groups is 3. The van der Waals surface area contributed by atoms with E-state index in [9.17, 15) is 23.5 Å². The van der Waals surface area contributed by atoms with E-state index in [1.54, 1.807) is 29.2 Å². The third kappa shape index (κ3) is 7.39. The highest BCUT2D eigenvalue weighted by Gasteiger charge is 2.43. The monoisotopic (exact) mass is 795 g/mol. The van der Waals surface area contributed by atoms with E-state index in [0.717, 1.165) is 35.8 Å². The molecule has 256 valence electrons. The molecule has 2 aromatic rings. The van der Waals surface area contributed by atoms with Gasteiger partial charge in [-0.15, -0.1) is 0 Å². The summed E-state index contributed by atoms with van der Waals surface area (Å²) in [5, 5.41) is 5.79. The first-order valence-corrected chi connectivity index (χ1v) is 19.4. The largest absolute Gasteiger partial charge is 0.397 e. The van der Waals surface area contributed by atoms with Gasteiger partial charge in [-0.05, 0) is 113 Å². The number of anilines is 2. The number of hydrogen-bond acceptors (Lipinski definition) is 7. The number of nitrogens with two attached hydrogens (primary N) is 1. The summed E-state index contributed by atoms with van der Waals surface area (Å²) >= 11 is 7.00. The van der Waals surface area contributed by atoms with Gasteiger partial charge in [-0.25, -0.2) is 13.9 Å². The SMILES string of the molecule is Nc1c(Br)cc(C[C@H](NC(=O)N2CCC(N3C(=O)Nc4ccccc4S3(O)O)CC2)C(=O)N2CCC(N3CCCCC3)CC2)cc1Br. The van der Waals surface area contributed by atoms with Crippen LogP contribution in [0.25, 0.3) is 0 Å². The summed E-state index contributed by atoms with van der Waals surface area (Å²) in [4.78, 5) is 47.1. The summed E-state index contributed by atoms with van der Waals surface area (Å²) in [5.74, 6) is -0.105. The van der Waals surface area contributed by atoms with E-state index in [1.165, 1.54) is 19.3 Å². The van der Waals surface area contributed by atoms with Crippen LogP contribution in [0.2, 0.25) is 0 Å². The number of fused-ring (bicyclic) bond motifs is 1. The van der Waals surface area contributed by atoms with Crippen LogP contribution in [0.1, 0.15) is 50.5 Å². The molecule has 47 heavy (non-hydrogen) atoms. The number of rotatable bonds is 6. The Balaban J connectivity index is 1.12. The first-order chi connectivity index (χ1) is 22.5. The molecule has 0 aromatic heterocycles. The van der Waals surface area contributed by atoms with Crippen molar-refractivity contribution in [1.29, 1.82) is 0 Å². The van der Waals surface area contributed by atoms with Gasteiger partial charge in [0.2, 0.25) is 5.91 Å². The number of benzene rings is 2. The third-order valence-corrected chi connectivity index (χ3v) is 13.1. The van der Waals surface area contributed by atoms with Crippen molar-refractivity contribution < 1.29 is 23.5 Å². The van der Waals surface area contributed by atoms with Crippen molar-refractivity contribution >= 4 is 72.0 Å². The number of halogens is 2. The summed E-state index contributed by atoms with van der Waals surface area (Å²) in [6, 6.07) is 8.72. The molecule has 4 aliphatic rings. The van der Waals surface area contributed by atoms with Crippen molar-refractivity contribution in [3.05, 3.63) is 50.9 Å². The molecule has 5 amide bonds. The molecule has 3 saturated heterocycles. The lowest BCUT2D eigenvalue weighted by atomic mass is 9.98. The van der Waals surface area contributed by atoms with Crippen molar-refractivity contribution in [3.63, 3.8) is 0 Å². The Morgan fingerprint density at radius 1 is 0.915 bits per heavy atom. The lowest BCUT2D eigenvalue weighted by molar-refractivity contribution is -0.134. The fourth-order valence-corrected chi connectivity index (χ4v) is 10.3. The number of likely N-dealkylation sites (tertiary alicyclic amines) is 3. The maximum Gasteiger partial charge on any atom is 0.340 e. The van der Waals surface area contributed by atoms with E-state index in [0.29, 0.717) is 71.8 Å². The van der Waals surface area contributed by atoms with Crippen LogP contribution in [0, 0.1) is 0 Å². The second-order valence-corrected chi connectivity index (χ2v) is 16.4. The Morgan fingerprint density at radius 3 is 2.17 bits per heavy atom. The smallest absolute Gasteiger partial charge is 0.340 e. The van der Waals surface area contributed by atoms with Crippen molar-refractivity contribution in [2.45, 2.75) is 74.4 Å². The molecule has 3 fully saturated rings. The minimum atomic E-state index is -3.54. The Bertz CT molecular complexity index is 1470. The fraction of sp³-hybridized carbons (Fsp3) is 0.531. The molecule has 15 heteroatoms. The van der Waals surface area contributed by atoms with Crippen LogP contribution in [0.3, 0.4) is 0 Å². The third-order valence-electron chi connectivity index (χ3n) is 9.84. The van der Waals surface area contributed by atoms with Gasteiger partial charge in [-0.1, -0.05) is 29.3 Å². The molecule has 1 atom stereocenters. The molecule has 6 rings (SSSR count). The van der Waals surface area contributed by atoms with Gasteiger partial charge in [0.15, 0.2) is 0 Å². The average molecular weight is 798 g/mol. The number of piperidine rings is 3. The van der Waals surface area contributed by atoms with E-state index >= 15 is 0 Å². The molecule has 4 heterocycles. The van der Waals surface area contributed by atoms with Crippen molar-refractivity contribution in [2.75, 3.05) is 50.3 Å². The summed E-state index contributed by atoms with van der Waals surface area (Å²) in [7, 11) is -3.54. The Kier molecular flexibility index (Phi) is 10.6. The molecule has 0 bridgehead atoms. The second-order valence-electron chi connectivity index (χ2n) is 12.8. The zero-order valence-electron chi connectivity index (χ0n) is 26.2. The van der Waals surface area contributed by atoms with Crippen LogP contribution >= 0.6 is 42.6 Å². The van der Waals surface area contributed by atoms with Crippen molar-refractivity contribution in [3.8, 4) is 0 Å². The molecule has 0 unspecified atom stereocenters. The summed E-state index contributed by atoms with van der Waals surface area (Å²) in [6.45, 7) is 4.14. The van der Waals surface area contributed by atoms with Crippen LogP contribution in [0.5, 0.6) is 0 Å². The number of nitrogens with zero attached hydrogens (tertiary/aromatic N) is 4. The van der Waals surface area contributed by atoms with Crippen LogP contribution in [0.4, 0.5) is 21.0 Å². The highest BCUT2D eigenvalue weighted by atomic mass is 79.9. The number of hydrogen-bond donors (Lipinski definition) is 5. The number of urea groups is 2. The molecule has 6 N–H and O–H groups in total. The first kappa shape index (κ1) is 34.3. The standard InChI is InChI=1S/C32H43Br2N7O5S/c33-24-18-21(19-25(34)29(24)35)20-27(30(42)39-14-8-22(9-15-39)38-12-4-1-5-13-38)37-31(43)40-16-10-23(11-17-40)41-32(44)36-26-6-2-3-7-28(26)47(41,45)46/h2-3,6-7,18-19,22-23,27,45-46H,1,4-5,8-17,20,35H2,(H,36,44)(H,37,43)/t27-/m0/s1. The van der Waals surface area contributed by atoms with Crippen LogP contribution < -0.4 is 16.4 Å². The van der Waals surface area contributed by atoms with Gasteiger partial charge in [-0.3, -0.25) is 13.9 Å². The number of amides is 5. The Hall–Kier alpha value is -2.56. The molecule has 0 spiro atoms. The van der Waals surface area contributed by atoms with E-state index in [4.69, 9.17) is 5.73 Å². The first-order valence-electron chi connectivity index (χ1n) is 16.3. The minimum absolute atomic E-state index is 0.105. The lowest BCUT2D eigenvalue weighted by Gasteiger charge is -2.51. The van der Waals surface area contributed by atoms with Gasteiger partial charge in [-0.2, -0.15) is 0 Å². The zero-order chi connectivity index (χ0) is 33.3. The molecule has 0 radical (unpaired) electrons.